The van der Waals surface area contributed by atoms with Crippen molar-refractivity contribution < 1.29 is 9.90 Å². The van der Waals surface area contributed by atoms with Crippen LogP contribution in [0.15, 0.2) is 12.1 Å². The van der Waals surface area contributed by atoms with Gasteiger partial charge in [-0.05, 0) is 55.4 Å². The van der Waals surface area contributed by atoms with Crippen molar-refractivity contribution in [3.8, 4) is 0 Å². The second-order valence-electron chi connectivity index (χ2n) is 5.10. The Balaban J connectivity index is 2.07. The lowest BCUT2D eigenvalue weighted by atomic mass is 9.91. The molecule has 1 aromatic heterocycles. The molecule has 2 aromatic rings. The minimum Gasteiger partial charge on any atom is -0.480 e. The number of benzene rings is 1. The quantitative estimate of drug-likeness (QED) is 0.918. The first-order chi connectivity index (χ1) is 9.19. The summed E-state index contributed by atoms with van der Waals surface area (Å²) in [5.41, 5.74) is 4.30. The number of aliphatic carboxylic acids is 1. The molecule has 0 amide bonds. The van der Waals surface area contributed by atoms with Gasteiger partial charge in [-0.25, -0.2) is 4.79 Å². The molecule has 100 valence electrons. The zero-order valence-electron chi connectivity index (χ0n) is 11.0. The van der Waals surface area contributed by atoms with E-state index in [0.717, 1.165) is 23.9 Å². The number of nitrogens with zero attached hydrogens (tertiary/aromatic N) is 3. The number of carbonyl (C=O) groups is 1. The summed E-state index contributed by atoms with van der Waals surface area (Å²) in [6.07, 6.45) is 5.11. The van der Waals surface area contributed by atoms with Crippen LogP contribution in [0.5, 0.6) is 0 Å². The van der Waals surface area contributed by atoms with Gasteiger partial charge in [0.1, 0.15) is 11.0 Å². The average molecular weight is 259 g/mol. The van der Waals surface area contributed by atoms with E-state index in [9.17, 15) is 4.79 Å². The molecule has 5 heteroatoms. The molecule has 0 saturated carbocycles. The van der Waals surface area contributed by atoms with Crippen LogP contribution in [-0.2, 0) is 17.6 Å². The third-order valence-corrected chi connectivity index (χ3v) is 3.81. The summed E-state index contributed by atoms with van der Waals surface area (Å²) in [7, 11) is 0. The van der Waals surface area contributed by atoms with Gasteiger partial charge in [-0.2, -0.15) is 15.0 Å². The highest BCUT2D eigenvalue weighted by molar-refractivity contribution is 5.77. The second-order valence-corrected chi connectivity index (χ2v) is 5.10. The van der Waals surface area contributed by atoms with Crippen LogP contribution < -0.4 is 0 Å². The molecule has 1 N–H and O–H groups in total. The molecule has 0 radical (unpaired) electrons. The molecule has 1 atom stereocenters. The van der Waals surface area contributed by atoms with Gasteiger partial charge in [0.2, 0.25) is 0 Å². The summed E-state index contributed by atoms with van der Waals surface area (Å²) in [6.45, 7) is 1.83. The van der Waals surface area contributed by atoms with E-state index in [2.05, 4.69) is 22.3 Å². The first kappa shape index (κ1) is 12.1. The number of aromatic nitrogens is 3. The Morgan fingerprint density at radius 3 is 2.21 bits per heavy atom. The Morgan fingerprint density at radius 1 is 1.26 bits per heavy atom. The molecular formula is C14H17N3O2. The van der Waals surface area contributed by atoms with Gasteiger partial charge in [0, 0.05) is 0 Å². The Labute approximate surface area is 111 Å². The van der Waals surface area contributed by atoms with E-state index in [1.165, 1.54) is 28.8 Å². The zero-order valence-corrected chi connectivity index (χ0v) is 11.0. The van der Waals surface area contributed by atoms with Gasteiger partial charge in [0.15, 0.2) is 6.04 Å². The number of hydrogen-bond acceptors (Lipinski definition) is 3. The fraction of sp³-hybridized carbons (Fsp3) is 0.500. The minimum atomic E-state index is -0.882. The van der Waals surface area contributed by atoms with E-state index in [4.69, 9.17) is 5.11 Å². The molecule has 1 heterocycles. The predicted octanol–water partition coefficient (Wildman–Crippen LogP) is 2.35. The molecule has 1 aliphatic rings. The number of aryl methyl sites for hydroxylation is 2. The van der Waals surface area contributed by atoms with E-state index in [0.29, 0.717) is 6.42 Å². The molecule has 3 rings (SSSR count). The first-order valence-electron chi connectivity index (χ1n) is 6.80. The van der Waals surface area contributed by atoms with Crippen molar-refractivity contribution in [1.82, 2.24) is 15.0 Å². The number of fused-ring (bicyclic) bond motifs is 2. The number of carboxylic acids is 1. The van der Waals surface area contributed by atoms with Crippen LogP contribution in [0.4, 0.5) is 0 Å². The topological polar surface area (TPSA) is 68.0 Å². The van der Waals surface area contributed by atoms with Crippen LogP contribution in [0, 0.1) is 0 Å². The maximum atomic E-state index is 11.2. The van der Waals surface area contributed by atoms with Crippen LogP contribution >= 0.6 is 0 Å². The number of hydrogen-bond donors (Lipinski definition) is 1. The Hall–Kier alpha value is -1.91. The Morgan fingerprint density at radius 2 is 1.79 bits per heavy atom. The molecule has 1 aromatic carbocycles. The molecule has 5 nitrogen and oxygen atoms in total. The van der Waals surface area contributed by atoms with Crippen LogP contribution in [0.25, 0.3) is 11.0 Å². The van der Waals surface area contributed by atoms with E-state index in [1.54, 1.807) is 0 Å². The third-order valence-electron chi connectivity index (χ3n) is 3.81. The van der Waals surface area contributed by atoms with Crippen molar-refractivity contribution in [2.24, 2.45) is 0 Å². The van der Waals surface area contributed by atoms with Crippen molar-refractivity contribution in [1.29, 1.82) is 0 Å². The molecule has 0 spiro atoms. The summed E-state index contributed by atoms with van der Waals surface area (Å²) in [5, 5.41) is 17.8. The summed E-state index contributed by atoms with van der Waals surface area (Å²) >= 11 is 0. The molecule has 1 aliphatic carbocycles. The molecule has 1 unspecified atom stereocenters. The van der Waals surface area contributed by atoms with Crippen LogP contribution in [0.2, 0.25) is 0 Å². The normalized spacial score (nSPS) is 16.3. The molecule has 19 heavy (non-hydrogen) atoms. The standard InChI is InChI=1S/C14H17N3O2/c1-2-13(14(18)19)17-15-11-7-9-5-3-4-6-10(9)8-12(11)16-17/h7-8,13H,2-6H2,1H3,(H,18,19). The molecule has 0 aliphatic heterocycles. The first-order valence-corrected chi connectivity index (χ1v) is 6.80. The molecule has 0 saturated heterocycles. The third kappa shape index (κ3) is 2.09. The van der Waals surface area contributed by atoms with Gasteiger partial charge in [-0.3, -0.25) is 0 Å². The largest absolute Gasteiger partial charge is 0.480 e. The van der Waals surface area contributed by atoms with E-state index in [1.807, 2.05) is 6.92 Å². The van der Waals surface area contributed by atoms with Gasteiger partial charge in [-0.15, -0.1) is 0 Å². The number of carboxylic acid groups (broad SMARTS) is 1. The summed E-state index contributed by atoms with van der Waals surface area (Å²) in [4.78, 5) is 12.5. The predicted molar refractivity (Wildman–Crippen MR) is 71.1 cm³/mol. The highest BCUT2D eigenvalue weighted by Gasteiger charge is 2.21. The van der Waals surface area contributed by atoms with Gasteiger partial charge >= 0.3 is 5.97 Å². The lowest BCUT2D eigenvalue weighted by molar-refractivity contribution is -0.141. The highest BCUT2D eigenvalue weighted by Crippen LogP contribution is 2.25. The molecule has 0 bridgehead atoms. The zero-order chi connectivity index (χ0) is 13.4. The highest BCUT2D eigenvalue weighted by atomic mass is 16.4. The van der Waals surface area contributed by atoms with E-state index >= 15 is 0 Å². The fourth-order valence-electron chi connectivity index (χ4n) is 2.74. The Kier molecular flexibility index (Phi) is 2.97. The van der Waals surface area contributed by atoms with Crippen LogP contribution in [0.3, 0.4) is 0 Å². The van der Waals surface area contributed by atoms with Crippen molar-refractivity contribution in [2.45, 2.75) is 45.1 Å². The SMILES string of the molecule is CCC(C(=O)O)n1nc2cc3c(cc2n1)CCCC3. The van der Waals surface area contributed by atoms with Gasteiger partial charge in [-0.1, -0.05) is 6.92 Å². The van der Waals surface area contributed by atoms with Gasteiger partial charge in [0.05, 0.1) is 0 Å². The lowest BCUT2D eigenvalue weighted by Crippen LogP contribution is -2.20. The van der Waals surface area contributed by atoms with Crippen molar-refractivity contribution >= 4 is 17.0 Å². The monoisotopic (exact) mass is 259 g/mol. The van der Waals surface area contributed by atoms with Crippen LogP contribution in [-0.4, -0.2) is 26.1 Å². The molecular weight excluding hydrogens is 242 g/mol. The Bertz CT molecular complexity index is 590. The maximum absolute atomic E-state index is 11.2. The van der Waals surface area contributed by atoms with Gasteiger partial charge in [0.25, 0.3) is 0 Å². The van der Waals surface area contributed by atoms with Crippen molar-refractivity contribution in [3.63, 3.8) is 0 Å². The smallest absolute Gasteiger partial charge is 0.330 e. The average Bonchev–Trinajstić information content (AvgIpc) is 2.78. The fourth-order valence-corrected chi connectivity index (χ4v) is 2.74. The lowest BCUT2D eigenvalue weighted by Gasteiger charge is -2.14. The molecule has 0 fully saturated rings. The summed E-state index contributed by atoms with van der Waals surface area (Å²) < 4.78 is 0. The maximum Gasteiger partial charge on any atom is 0.330 e. The summed E-state index contributed by atoms with van der Waals surface area (Å²) in [5.74, 6) is -0.882. The van der Waals surface area contributed by atoms with Crippen molar-refractivity contribution in [2.75, 3.05) is 0 Å². The van der Waals surface area contributed by atoms with E-state index < -0.39 is 12.0 Å². The van der Waals surface area contributed by atoms with E-state index in [-0.39, 0.29) is 0 Å². The minimum absolute atomic E-state index is 0.482. The summed E-state index contributed by atoms with van der Waals surface area (Å²) in [6, 6.07) is 3.47. The van der Waals surface area contributed by atoms with Crippen LogP contribution in [0.1, 0.15) is 43.4 Å². The second kappa shape index (κ2) is 4.64. The number of rotatable bonds is 3. The van der Waals surface area contributed by atoms with Gasteiger partial charge < -0.3 is 5.11 Å². The van der Waals surface area contributed by atoms with Crippen molar-refractivity contribution in [3.05, 3.63) is 23.3 Å².